The minimum atomic E-state index is -1.07. The van der Waals surface area contributed by atoms with Gasteiger partial charge < -0.3 is 10.0 Å². The zero-order valence-electron chi connectivity index (χ0n) is 10.7. The van der Waals surface area contributed by atoms with Gasteiger partial charge >= 0.3 is 5.97 Å². The van der Waals surface area contributed by atoms with Gasteiger partial charge in [0.05, 0.1) is 0 Å². The van der Waals surface area contributed by atoms with Gasteiger partial charge in [-0.05, 0) is 13.3 Å². The Balaban J connectivity index is 4.46. The molecule has 1 N–H and O–H groups in total. The van der Waals surface area contributed by atoms with E-state index in [0.29, 0.717) is 6.42 Å². The molecule has 0 heterocycles. The predicted octanol–water partition coefficient (Wildman–Crippen LogP) is 2.28. The first kappa shape index (κ1) is 14.9. The van der Waals surface area contributed by atoms with Gasteiger partial charge in [0.2, 0.25) is 5.91 Å². The standard InChI is InChI=1S/C12H23NO3/c1-5-6-7-8-9-12(3,11(15)16)13(4)10(2)14/h5-9H2,1-4H3,(H,15,16). The van der Waals surface area contributed by atoms with Crippen LogP contribution in [0.15, 0.2) is 0 Å². The average Bonchev–Trinajstić information content (AvgIpc) is 2.22. The van der Waals surface area contributed by atoms with E-state index in [2.05, 4.69) is 6.92 Å². The maximum atomic E-state index is 11.2. The van der Waals surface area contributed by atoms with Crippen LogP contribution in [0.3, 0.4) is 0 Å². The molecule has 0 aromatic rings. The van der Waals surface area contributed by atoms with E-state index in [9.17, 15) is 14.7 Å². The number of nitrogens with zero attached hydrogens (tertiary/aromatic N) is 1. The van der Waals surface area contributed by atoms with Crippen molar-refractivity contribution >= 4 is 11.9 Å². The van der Waals surface area contributed by atoms with E-state index in [-0.39, 0.29) is 5.91 Å². The molecule has 0 saturated carbocycles. The Kier molecular flexibility index (Phi) is 6.08. The molecule has 1 unspecified atom stereocenters. The number of carboxylic acids is 1. The van der Waals surface area contributed by atoms with Crippen molar-refractivity contribution in [1.82, 2.24) is 4.90 Å². The first-order valence-corrected chi connectivity index (χ1v) is 5.84. The first-order chi connectivity index (χ1) is 7.36. The van der Waals surface area contributed by atoms with Crippen molar-refractivity contribution in [1.29, 1.82) is 0 Å². The number of aliphatic carboxylic acids is 1. The topological polar surface area (TPSA) is 57.6 Å². The minimum absolute atomic E-state index is 0.208. The molecule has 1 atom stereocenters. The van der Waals surface area contributed by atoms with Gasteiger partial charge in [-0.3, -0.25) is 4.79 Å². The SMILES string of the molecule is CCCCCCC(C)(C(=O)O)N(C)C(C)=O. The summed E-state index contributed by atoms with van der Waals surface area (Å²) in [7, 11) is 1.55. The molecule has 0 aromatic heterocycles. The van der Waals surface area contributed by atoms with Crippen LogP contribution in [0, 0.1) is 0 Å². The second-order valence-corrected chi connectivity index (χ2v) is 4.47. The highest BCUT2D eigenvalue weighted by Gasteiger charge is 2.38. The Morgan fingerprint density at radius 3 is 2.19 bits per heavy atom. The summed E-state index contributed by atoms with van der Waals surface area (Å²) >= 11 is 0. The van der Waals surface area contributed by atoms with Crippen LogP contribution >= 0.6 is 0 Å². The van der Waals surface area contributed by atoms with Crippen LogP contribution in [-0.4, -0.2) is 34.5 Å². The van der Waals surface area contributed by atoms with Crippen LogP contribution in [-0.2, 0) is 9.59 Å². The van der Waals surface area contributed by atoms with Crippen molar-refractivity contribution in [3.8, 4) is 0 Å². The molecule has 0 aliphatic carbocycles. The zero-order chi connectivity index (χ0) is 12.8. The largest absolute Gasteiger partial charge is 0.480 e. The van der Waals surface area contributed by atoms with Crippen molar-refractivity contribution in [2.45, 2.75) is 58.4 Å². The van der Waals surface area contributed by atoms with Gasteiger partial charge in [0.15, 0.2) is 0 Å². The Hall–Kier alpha value is -1.06. The summed E-state index contributed by atoms with van der Waals surface area (Å²) in [6, 6.07) is 0. The molecule has 0 radical (unpaired) electrons. The second kappa shape index (κ2) is 6.51. The lowest BCUT2D eigenvalue weighted by Crippen LogP contribution is -2.52. The fraction of sp³-hybridized carbons (Fsp3) is 0.833. The lowest BCUT2D eigenvalue weighted by atomic mass is 9.92. The molecule has 0 fully saturated rings. The van der Waals surface area contributed by atoms with E-state index in [4.69, 9.17) is 0 Å². The summed E-state index contributed by atoms with van der Waals surface area (Å²) in [6.45, 7) is 5.12. The zero-order valence-corrected chi connectivity index (χ0v) is 10.7. The number of hydrogen-bond donors (Lipinski definition) is 1. The fourth-order valence-corrected chi connectivity index (χ4v) is 1.66. The van der Waals surface area contributed by atoms with Crippen LogP contribution in [0.4, 0.5) is 0 Å². The van der Waals surface area contributed by atoms with Crippen LogP contribution < -0.4 is 0 Å². The molecule has 94 valence electrons. The third kappa shape index (κ3) is 3.83. The number of carbonyl (C=O) groups excluding carboxylic acids is 1. The predicted molar refractivity (Wildman–Crippen MR) is 63.2 cm³/mol. The molecular weight excluding hydrogens is 206 g/mol. The number of rotatable bonds is 7. The number of carboxylic acid groups (broad SMARTS) is 1. The number of unbranched alkanes of at least 4 members (excludes halogenated alkanes) is 3. The Morgan fingerprint density at radius 2 is 1.81 bits per heavy atom. The molecule has 4 nitrogen and oxygen atoms in total. The smallest absolute Gasteiger partial charge is 0.329 e. The highest BCUT2D eigenvalue weighted by atomic mass is 16.4. The average molecular weight is 229 g/mol. The monoisotopic (exact) mass is 229 g/mol. The van der Waals surface area contributed by atoms with Crippen molar-refractivity contribution in [3.63, 3.8) is 0 Å². The Labute approximate surface area is 97.6 Å². The van der Waals surface area contributed by atoms with Crippen LogP contribution in [0.25, 0.3) is 0 Å². The third-order valence-electron chi connectivity index (χ3n) is 3.19. The molecule has 0 rings (SSSR count). The fourth-order valence-electron chi connectivity index (χ4n) is 1.66. The van der Waals surface area contributed by atoms with Gasteiger partial charge in [0.25, 0.3) is 0 Å². The molecule has 0 aliphatic rings. The Bertz CT molecular complexity index is 253. The van der Waals surface area contributed by atoms with Gasteiger partial charge in [-0.25, -0.2) is 4.79 Å². The molecule has 0 aromatic carbocycles. The molecule has 0 bridgehead atoms. The molecule has 0 spiro atoms. The molecule has 0 aliphatic heterocycles. The number of amides is 1. The van der Waals surface area contributed by atoms with Crippen LogP contribution in [0.1, 0.15) is 52.9 Å². The number of hydrogen-bond acceptors (Lipinski definition) is 2. The van der Waals surface area contributed by atoms with E-state index < -0.39 is 11.5 Å². The molecule has 0 saturated heterocycles. The lowest BCUT2D eigenvalue weighted by molar-refractivity contribution is -0.156. The van der Waals surface area contributed by atoms with Crippen LogP contribution in [0.5, 0.6) is 0 Å². The van der Waals surface area contributed by atoms with Crippen molar-refractivity contribution in [2.75, 3.05) is 7.05 Å². The summed E-state index contributed by atoms with van der Waals surface area (Å²) in [4.78, 5) is 23.8. The van der Waals surface area contributed by atoms with Crippen LogP contribution in [0.2, 0.25) is 0 Å². The van der Waals surface area contributed by atoms with E-state index in [1.165, 1.54) is 11.8 Å². The van der Waals surface area contributed by atoms with E-state index in [1.807, 2.05) is 0 Å². The van der Waals surface area contributed by atoms with Crippen molar-refractivity contribution < 1.29 is 14.7 Å². The third-order valence-corrected chi connectivity index (χ3v) is 3.19. The number of carbonyl (C=O) groups is 2. The van der Waals surface area contributed by atoms with Gasteiger partial charge in [-0.1, -0.05) is 32.6 Å². The molecule has 4 heteroatoms. The molecule has 1 amide bonds. The highest BCUT2D eigenvalue weighted by molar-refractivity contribution is 5.85. The molecule has 16 heavy (non-hydrogen) atoms. The van der Waals surface area contributed by atoms with Crippen molar-refractivity contribution in [2.24, 2.45) is 0 Å². The summed E-state index contributed by atoms with van der Waals surface area (Å²) in [6.07, 6.45) is 4.60. The summed E-state index contributed by atoms with van der Waals surface area (Å²) < 4.78 is 0. The lowest BCUT2D eigenvalue weighted by Gasteiger charge is -2.34. The van der Waals surface area contributed by atoms with E-state index in [0.717, 1.165) is 25.7 Å². The quantitative estimate of drug-likeness (QED) is 0.681. The Morgan fingerprint density at radius 1 is 1.25 bits per heavy atom. The highest BCUT2D eigenvalue weighted by Crippen LogP contribution is 2.22. The summed E-state index contributed by atoms with van der Waals surface area (Å²) in [5, 5.41) is 9.21. The molecular formula is C12H23NO3. The van der Waals surface area contributed by atoms with Gasteiger partial charge in [-0.2, -0.15) is 0 Å². The maximum Gasteiger partial charge on any atom is 0.329 e. The van der Waals surface area contributed by atoms with Crippen molar-refractivity contribution in [3.05, 3.63) is 0 Å². The van der Waals surface area contributed by atoms with Gasteiger partial charge in [-0.15, -0.1) is 0 Å². The second-order valence-electron chi connectivity index (χ2n) is 4.47. The van der Waals surface area contributed by atoms with E-state index in [1.54, 1.807) is 14.0 Å². The van der Waals surface area contributed by atoms with Gasteiger partial charge in [0.1, 0.15) is 5.54 Å². The number of likely N-dealkylation sites (N-methyl/N-ethyl adjacent to an activating group) is 1. The summed E-state index contributed by atoms with van der Waals surface area (Å²) in [5.41, 5.74) is -1.07. The van der Waals surface area contributed by atoms with Gasteiger partial charge in [0, 0.05) is 14.0 Å². The summed E-state index contributed by atoms with van der Waals surface area (Å²) in [5.74, 6) is -1.14. The van der Waals surface area contributed by atoms with E-state index >= 15 is 0 Å². The normalized spacial score (nSPS) is 14.2. The maximum absolute atomic E-state index is 11.2. The first-order valence-electron chi connectivity index (χ1n) is 5.84. The minimum Gasteiger partial charge on any atom is -0.480 e.